The van der Waals surface area contributed by atoms with Gasteiger partial charge in [0.2, 0.25) is 0 Å². The van der Waals surface area contributed by atoms with Crippen LogP contribution in [0.1, 0.15) is 11.3 Å². The molecule has 2 atom stereocenters. The molecule has 25 heavy (non-hydrogen) atoms. The van der Waals surface area contributed by atoms with Crippen LogP contribution in [0.2, 0.25) is 0 Å². The van der Waals surface area contributed by atoms with Crippen molar-refractivity contribution in [3.05, 3.63) is 58.3 Å². The van der Waals surface area contributed by atoms with E-state index in [1.807, 2.05) is 30.3 Å². The number of aliphatic hydroxyl groups is 1. The summed E-state index contributed by atoms with van der Waals surface area (Å²) in [6, 6.07) is 11.8. The third-order valence-electron chi connectivity index (χ3n) is 4.15. The lowest BCUT2D eigenvalue weighted by Gasteiger charge is -2.16. The van der Waals surface area contributed by atoms with Crippen LogP contribution in [-0.4, -0.2) is 35.8 Å². The van der Waals surface area contributed by atoms with E-state index in [4.69, 9.17) is 4.74 Å². The van der Waals surface area contributed by atoms with Crippen molar-refractivity contribution in [3.8, 4) is 5.75 Å². The molecule has 0 radical (unpaired) electrons. The van der Waals surface area contributed by atoms with Crippen LogP contribution >= 0.6 is 28.3 Å². The Bertz CT molecular complexity index is 660. The van der Waals surface area contributed by atoms with Crippen LogP contribution in [0.5, 0.6) is 5.75 Å². The molecule has 0 aliphatic carbocycles. The number of ether oxygens (including phenoxy) is 1. The summed E-state index contributed by atoms with van der Waals surface area (Å²) >= 11 is 3.51. The largest absolute Gasteiger partial charge is 0.487 e. The first kappa shape index (κ1) is 20.1. The van der Waals surface area contributed by atoms with E-state index < -0.39 is 0 Å². The fourth-order valence-corrected chi connectivity index (χ4v) is 3.19. The number of rotatable bonds is 7. The van der Waals surface area contributed by atoms with Crippen molar-refractivity contribution in [2.24, 2.45) is 5.92 Å². The highest BCUT2D eigenvalue weighted by molar-refractivity contribution is 9.10. The molecule has 0 amide bonds. The number of aromatic nitrogens is 1. The molecular formula is C18H23BrClN3O2. The topological polar surface area (TPSA) is 66.4 Å². The van der Waals surface area contributed by atoms with Gasteiger partial charge < -0.3 is 20.5 Å². The third kappa shape index (κ3) is 5.94. The normalized spacial score (nSPS) is 19.4. The van der Waals surface area contributed by atoms with Crippen LogP contribution < -0.4 is 15.4 Å². The number of hydrogen-bond donors (Lipinski definition) is 3. The van der Waals surface area contributed by atoms with Crippen molar-refractivity contribution in [3.63, 3.8) is 0 Å². The van der Waals surface area contributed by atoms with Gasteiger partial charge in [0, 0.05) is 48.3 Å². The molecule has 5 nitrogen and oxygen atoms in total. The van der Waals surface area contributed by atoms with Gasteiger partial charge in [-0.2, -0.15) is 0 Å². The second-order valence-electron chi connectivity index (χ2n) is 5.98. The van der Waals surface area contributed by atoms with E-state index in [1.165, 1.54) is 0 Å². The van der Waals surface area contributed by atoms with Gasteiger partial charge >= 0.3 is 0 Å². The quantitative estimate of drug-likeness (QED) is 0.632. The van der Waals surface area contributed by atoms with E-state index in [9.17, 15) is 5.11 Å². The first-order chi connectivity index (χ1) is 11.7. The van der Waals surface area contributed by atoms with E-state index >= 15 is 0 Å². The van der Waals surface area contributed by atoms with Crippen LogP contribution in [0.4, 0.5) is 0 Å². The number of hydrogen-bond acceptors (Lipinski definition) is 5. The minimum atomic E-state index is -0.264. The molecule has 0 spiro atoms. The maximum atomic E-state index is 9.85. The van der Waals surface area contributed by atoms with Gasteiger partial charge in [-0.25, -0.2) is 0 Å². The molecular weight excluding hydrogens is 406 g/mol. The summed E-state index contributed by atoms with van der Waals surface area (Å²) in [6.07, 6.45) is 1.50. The van der Waals surface area contributed by atoms with E-state index in [0.29, 0.717) is 19.7 Å². The second kappa shape index (κ2) is 10.1. The fraction of sp³-hybridized carbons (Fsp3) is 0.389. The smallest absolute Gasteiger partial charge is 0.130 e. The van der Waals surface area contributed by atoms with Crippen LogP contribution in [0.3, 0.4) is 0 Å². The summed E-state index contributed by atoms with van der Waals surface area (Å²) in [5.74, 6) is 1.11. The average molecular weight is 429 g/mol. The highest BCUT2D eigenvalue weighted by Crippen LogP contribution is 2.24. The SMILES string of the molecule is Cl.OC1CNCC1CNCc1cc(Br)ccc1OCc1ccccn1. The zero-order valence-corrected chi connectivity index (χ0v) is 16.2. The Hall–Kier alpha value is -1.18. The average Bonchev–Trinajstić information content (AvgIpc) is 3.00. The number of aliphatic hydroxyl groups excluding tert-OH is 1. The molecule has 2 unspecified atom stereocenters. The zero-order chi connectivity index (χ0) is 16.8. The number of halogens is 2. The Balaban J connectivity index is 0.00000225. The molecule has 0 saturated carbocycles. The summed E-state index contributed by atoms with van der Waals surface area (Å²) in [5, 5.41) is 16.5. The van der Waals surface area contributed by atoms with Gasteiger partial charge in [-0.05, 0) is 30.3 Å². The first-order valence-corrected chi connectivity index (χ1v) is 8.92. The van der Waals surface area contributed by atoms with E-state index in [-0.39, 0.29) is 24.4 Å². The predicted molar refractivity (Wildman–Crippen MR) is 104 cm³/mol. The van der Waals surface area contributed by atoms with Crippen molar-refractivity contribution in [1.29, 1.82) is 0 Å². The third-order valence-corrected chi connectivity index (χ3v) is 4.64. The van der Waals surface area contributed by atoms with Crippen molar-refractivity contribution >= 4 is 28.3 Å². The molecule has 3 rings (SSSR count). The molecule has 1 aliphatic rings. The number of benzene rings is 1. The molecule has 3 N–H and O–H groups in total. The summed E-state index contributed by atoms with van der Waals surface area (Å²) in [4.78, 5) is 4.28. The highest BCUT2D eigenvalue weighted by atomic mass is 79.9. The number of nitrogens with one attached hydrogen (secondary N) is 2. The number of β-amino-alcohol motifs (C(OH)–C–C–N with tert-alkyl or cyclic N) is 1. The standard InChI is InChI=1S/C18H22BrN3O2.ClH/c19-15-4-5-18(24-12-16-3-1-2-6-22-16)13(7-15)8-20-9-14-10-21-11-17(14)23;/h1-7,14,17,20-21,23H,8-12H2;1H. The van der Waals surface area contributed by atoms with Gasteiger partial charge in [0.05, 0.1) is 11.8 Å². The Labute approximate surface area is 162 Å². The van der Waals surface area contributed by atoms with E-state index in [2.05, 4.69) is 37.6 Å². The van der Waals surface area contributed by atoms with Crippen LogP contribution in [-0.2, 0) is 13.2 Å². The Morgan fingerprint density at radius 2 is 2.16 bits per heavy atom. The van der Waals surface area contributed by atoms with Crippen molar-refractivity contribution < 1.29 is 9.84 Å². The van der Waals surface area contributed by atoms with Crippen LogP contribution in [0.15, 0.2) is 47.1 Å². The molecule has 0 bridgehead atoms. The minimum absolute atomic E-state index is 0. The Morgan fingerprint density at radius 1 is 1.28 bits per heavy atom. The van der Waals surface area contributed by atoms with Crippen molar-refractivity contribution in [2.45, 2.75) is 19.3 Å². The summed E-state index contributed by atoms with van der Waals surface area (Å²) in [6.45, 7) is 3.46. The second-order valence-corrected chi connectivity index (χ2v) is 6.89. The van der Waals surface area contributed by atoms with Gasteiger partial charge in [-0.15, -0.1) is 12.4 Å². The minimum Gasteiger partial charge on any atom is -0.487 e. The Kier molecular flexibility index (Phi) is 8.12. The number of pyridine rings is 1. The molecule has 1 aromatic heterocycles. The maximum absolute atomic E-state index is 9.85. The van der Waals surface area contributed by atoms with Gasteiger partial charge in [-0.1, -0.05) is 22.0 Å². The zero-order valence-electron chi connectivity index (χ0n) is 13.8. The Morgan fingerprint density at radius 3 is 2.88 bits per heavy atom. The van der Waals surface area contributed by atoms with E-state index in [1.54, 1.807) is 6.20 Å². The van der Waals surface area contributed by atoms with Gasteiger partial charge in [0.15, 0.2) is 0 Å². The molecule has 7 heteroatoms. The summed E-state index contributed by atoms with van der Waals surface area (Å²) in [7, 11) is 0. The van der Waals surface area contributed by atoms with Crippen molar-refractivity contribution in [2.75, 3.05) is 19.6 Å². The molecule has 2 aromatic rings. The molecule has 1 aliphatic heterocycles. The highest BCUT2D eigenvalue weighted by Gasteiger charge is 2.24. The lowest BCUT2D eigenvalue weighted by Crippen LogP contribution is -2.30. The summed E-state index contributed by atoms with van der Waals surface area (Å²) in [5.41, 5.74) is 1.99. The van der Waals surface area contributed by atoms with Gasteiger partial charge in [0.1, 0.15) is 12.4 Å². The lowest BCUT2D eigenvalue weighted by atomic mass is 10.1. The summed E-state index contributed by atoms with van der Waals surface area (Å²) < 4.78 is 6.96. The van der Waals surface area contributed by atoms with E-state index in [0.717, 1.165) is 34.6 Å². The van der Waals surface area contributed by atoms with Gasteiger partial charge in [-0.3, -0.25) is 4.98 Å². The molecule has 136 valence electrons. The molecule has 2 heterocycles. The van der Waals surface area contributed by atoms with Crippen molar-refractivity contribution in [1.82, 2.24) is 15.6 Å². The predicted octanol–water partition coefficient (Wildman–Crippen LogP) is 2.51. The van der Waals surface area contributed by atoms with Crippen LogP contribution in [0, 0.1) is 5.92 Å². The monoisotopic (exact) mass is 427 g/mol. The van der Waals surface area contributed by atoms with Crippen LogP contribution in [0.25, 0.3) is 0 Å². The molecule has 1 fully saturated rings. The first-order valence-electron chi connectivity index (χ1n) is 8.13. The maximum Gasteiger partial charge on any atom is 0.130 e. The number of nitrogens with zero attached hydrogens (tertiary/aromatic N) is 1. The fourth-order valence-electron chi connectivity index (χ4n) is 2.78. The lowest BCUT2D eigenvalue weighted by molar-refractivity contribution is 0.146. The van der Waals surface area contributed by atoms with Gasteiger partial charge in [0.25, 0.3) is 0 Å². The molecule has 1 saturated heterocycles. The molecule has 1 aromatic carbocycles.